The third-order valence-electron chi connectivity index (χ3n) is 3.63. The third-order valence-corrected chi connectivity index (χ3v) is 3.63. The van der Waals surface area contributed by atoms with Gasteiger partial charge in [-0.25, -0.2) is 4.79 Å². The molecule has 1 heterocycles. The SMILES string of the molecule is CC(C)C(C1CCCNC1)N(C)C(=O)OC(C)(C)C. The minimum absolute atomic E-state index is 0.211. The minimum atomic E-state index is -0.433. The topological polar surface area (TPSA) is 41.6 Å². The van der Waals surface area contributed by atoms with Crippen LogP contribution >= 0.6 is 0 Å². The molecule has 0 aromatic carbocycles. The largest absolute Gasteiger partial charge is 0.444 e. The number of hydrogen-bond acceptors (Lipinski definition) is 3. The van der Waals surface area contributed by atoms with Gasteiger partial charge in [-0.05, 0) is 58.5 Å². The van der Waals surface area contributed by atoms with Gasteiger partial charge in [0.15, 0.2) is 0 Å². The van der Waals surface area contributed by atoms with Crippen molar-refractivity contribution in [2.75, 3.05) is 20.1 Å². The Morgan fingerprint density at radius 1 is 1.37 bits per heavy atom. The van der Waals surface area contributed by atoms with Gasteiger partial charge >= 0.3 is 6.09 Å². The fourth-order valence-corrected chi connectivity index (χ4v) is 2.93. The lowest BCUT2D eigenvalue weighted by Crippen LogP contribution is -2.50. The fraction of sp³-hybridized carbons (Fsp3) is 0.933. The maximum atomic E-state index is 12.2. The van der Waals surface area contributed by atoms with Crippen LogP contribution < -0.4 is 5.32 Å². The zero-order chi connectivity index (χ0) is 14.6. The molecule has 0 aliphatic carbocycles. The summed E-state index contributed by atoms with van der Waals surface area (Å²) >= 11 is 0. The van der Waals surface area contributed by atoms with Crippen molar-refractivity contribution in [3.05, 3.63) is 0 Å². The van der Waals surface area contributed by atoms with Crippen LogP contribution in [-0.2, 0) is 4.74 Å². The molecule has 2 atom stereocenters. The highest BCUT2D eigenvalue weighted by Crippen LogP contribution is 2.25. The second kappa shape index (κ2) is 6.60. The average molecular weight is 270 g/mol. The molecule has 4 heteroatoms. The van der Waals surface area contributed by atoms with E-state index in [-0.39, 0.29) is 12.1 Å². The summed E-state index contributed by atoms with van der Waals surface area (Å²) in [6.07, 6.45) is 2.16. The smallest absolute Gasteiger partial charge is 0.410 e. The Balaban J connectivity index is 2.72. The number of amides is 1. The van der Waals surface area contributed by atoms with Crippen molar-refractivity contribution in [1.29, 1.82) is 0 Å². The van der Waals surface area contributed by atoms with Crippen molar-refractivity contribution in [3.8, 4) is 0 Å². The molecule has 1 aliphatic rings. The normalized spacial score (nSPS) is 22.2. The summed E-state index contributed by atoms with van der Waals surface area (Å²) in [6, 6.07) is 0.239. The number of piperidine rings is 1. The Bertz CT molecular complexity index is 291. The Labute approximate surface area is 117 Å². The monoisotopic (exact) mass is 270 g/mol. The van der Waals surface area contributed by atoms with Crippen molar-refractivity contribution in [2.24, 2.45) is 11.8 Å². The van der Waals surface area contributed by atoms with E-state index in [2.05, 4.69) is 19.2 Å². The highest BCUT2D eigenvalue weighted by atomic mass is 16.6. The number of nitrogens with one attached hydrogen (secondary N) is 1. The van der Waals surface area contributed by atoms with Gasteiger partial charge in [-0.15, -0.1) is 0 Å². The second-order valence-corrected chi connectivity index (χ2v) is 6.93. The maximum absolute atomic E-state index is 12.2. The molecule has 0 radical (unpaired) electrons. The highest BCUT2D eigenvalue weighted by molar-refractivity contribution is 5.68. The summed E-state index contributed by atoms with van der Waals surface area (Å²) in [5.41, 5.74) is -0.433. The van der Waals surface area contributed by atoms with Gasteiger partial charge in [0, 0.05) is 13.1 Å². The number of nitrogens with zero attached hydrogens (tertiary/aromatic N) is 1. The molecule has 0 spiro atoms. The Kier molecular flexibility index (Phi) is 5.65. The van der Waals surface area contributed by atoms with Crippen molar-refractivity contribution in [2.45, 2.75) is 59.1 Å². The number of carbonyl (C=O) groups excluding carboxylic acids is 1. The van der Waals surface area contributed by atoms with Crippen molar-refractivity contribution in [3.63, 3.8) is 0 Å². The lowest BCUT2D eigenvalue weighted by molar-refractivity contribution is 0.00824. The fourth-order valence-electron chi connectivity index (χ4n) is 2.93. The van der Waals surface area contributed by atoms with E-state index in [0.29, 0.717) is 11.8 Å². The maximum Gasteiger partial charge on any atom is 0.410 e. The zero-order valence-corrected chi connectivity index (χ0v) is 13.3. The lowest BCUT2D eigenvalue weighted by atomic mass is 9.84. The van der Waals surface area contributed by atoms with E-state index >= 15 is 0 Å². The zero-order valence-electron chi connectivity index (χ0n) is 13.3. The van der Waals surface area contributed by atoms with Crippen LogP contribution in [-0.4, -0.2) is 42.8 Å². The van der Waals surface area contributed by atoms with E-state index in [1.165, 1.54) is 12.8 Å². The van der Waals surface area contributed by atoms with Gasteiger partial charge in [-0.1, -0.05) is 13.8 Å². The van der Waals surface area contributed by atoms with Crippen LogP contribution in [0.4, 0.5) is 4.79 Å². The molecule has 1 N–H and O–H groups in total. The number of carbonyl (C=O) groups is 1. The average Bonchev–Trinajstić information content (AvgIpc) is 2.27. The van der Waals surface area contributed by atoms with Gasteiger partial charge in [-0.3, -0.25) is 0 Å². The van der Waals surface area contributed by atoms with Gasteiger partial charge in [0.05, 0.1) is 0 Å². The molecule has 1 fully saturated rings. The number of ether oxygens (including phenoxy) is 1. The lowest BCUT2D eigenvalue weighted by Gasteiger charge is -2.39. The summed E-state index contributed by atoms with van der Waals surface area (Å²) in [5, 5.41) is 3.43. The van der Waals surface area contributed by atoms with Crippen LogP contribution in [0.25, 0.3) is 0 Å². The van der Waals surface area contributed by atoms with E-state index in [9.17, 15) is 4.79 Å². The predicted octanol–water partition coefficient (Wildman–Crippen LogP) is 2.88. The first-order valence-electron chi connectivity index (χ1n) is 7.39. The molecule has 1 amide bonds. The van der Waals surface area contributed by atoms with Crippen LogP contribution in [0.2, 0.25) is 0 Å². The Morgan fingerprint density at radius 2 is 2.00 bits per heavy atom. The first kappa shape index (κ1) is 16.3. The molecule has 0 saturated carbocycles. The standard InChI is InChI=1S/C15H30N2O2/c1-11(2)13(12-8-7-9-16-10-12)17(6)14(18)19-15(3,4)5/h11-13,16H,7-10H2,1-6H3. The van der Waals surface area contributed by atoms with Crippen LogP contribution in [0, 0.1) is 11.8 Å². The van der Waals surface area contributed by atoms with Crippen molar-refractivity contribution < 1.29 is 9.53 Å². The van der Waals surface area contributed by atoms with Gasteiger partial charge in [0.25, 0.3) is 0 Å². The third kappa shape index (κ3) is 5.01. The molecule has 2 unspecified atom stereocenters. The van der Waals surface area contributed by atoms with Crippen molar-refractivity contribution >= 4 is 6.09 Å². The van der Waals surface area contributed by atoms with Crippen LogP contribution in [0.1, 0.15) is 47.5 Å². The summed E-state index contributed by atoms with van der Waals surface area (Å²) in [6.45, 7) is 12.2. The second-order valence-electron chi connectivity index (χ2n) is 6.93. The number of rotatable bonds is 3. The summed E-state index contributed by atoms with van der Waals surface area (Å²) in [4.78, 5) is 14.0. The predicted molar refractivity (Wildman–Crippen MR) is 78.2 cm³/mol. The van der Waals surface area contributed by atoms with Crippen molar-refractivity contribution in [1.82, 2.24) is 10.2 Å². The number of hydrogen-bond donors (Lipinski definition) is 1. The molecule has 1 aliphatic heterocycles. The molecule has 1 rings (SSSR count). The summed E-state index contributed by atoms with van der Waals surface area (Å²) in [7, 11) is 1.87. The summed E-state index contributed by atoms with van der Waals surface area (Å²) in [5.74, 6) is 0.952. The Morgan fingerprint density at radius 3 is 2.42 bits per heavy atom. The molecule has 0 aromatic heterocycles. The highest BCUT2D eigenvalue weighted by Gasteiger charge is 2.33. The van der Waals surface area contributed by atoms with Gasteiger partial charge in [0.2, 0.25) is 0 Å². The van der Waals surface area contributed by atoms with E-state index in [0.717, 1.165) is 13.1 Å². The van der Waals surface area contributed by atoms with Crippen LogP contribution in [0.3, 0.4) is 0 Å². The van der Waals surface area contributed by atoms with E-state index in [1.807, 2.05) is 27.8 Å². The molecule has 19 heavy (non-hydrogen) atoms. The Hall–Kier alpha value is -0.770. The molecule has 1 saturated heterocycles. The van der Waals surface area contributed by atoms with E-state index in [1.54, 1.807) is 4.90 Å². The van der Waals surface area contributed by atoms with Gasteiger partial charge in [0.1, 0.15) is 5.60 Å². The molecule has 112 valence electrons. The van der Waals surface area contributed by atoms with E-state index in [4.69, 9.17) is 4.74 Å². The quantitative estimate of drug-likeness (QED) is 0.857. The van der Waals surface area contributed by atoms with Crippen LogP contribution in [0.15, 0.2) is 0 Å². The first-order valence-corrected chi connectivity index (χ1v) is 7.39. The first-order chi connectivity index (χ1) is 8.72. The van der Waals surface area contributed by atoms with Gasteiger partial charge < -0.3 is 15.0 Å². The molecule has 4 nitrogen and oxygen atoms in total. The minimum Gasteiger partial charge on any atom is -0.444 e. The molecular formula is C15H30N2O2. The van der Waals surface area contributed by atoms with Crippen LogP contribution in [0.5, 0.6) is 0 Å². The van der Waals surface area contributed by atoms with E-state index < -0.39 is 5.60 Å². The molecule has 0 bridgehead atoms. The summed E-state index contributed by atoms with van der Waals surface area (Å²) < 4.78 is 5.49. The molecular weight excluding hydrogens is 240 g/mol. The van der Waals surface area contributed by atoms with Gasteiger partial charge in [-0.2, -0.15) is 0 Å². The molecule has 0 aromatic rings.